The van der Waals surface area contributed by atoms with Gasteiger partial charge in [0.25, 0.3) is 0 Å². The lowest BCUT2D eigenvalue weighted by Crippen LogP contribution is -2.13. The van der Waals surface area contributed by atoms with E-state index in [1.54, 1.807) is 0 Å². The molecule has 0 atom stereocenters. The highest BCUT2D eigenvalue weighted by atomic mass is 127. The quantitative estimate of drug-likeness (QED) is 0.366. The maximum atomic E-state index is 12.0. The average molecular weight is 487 g/mol. The zero-order chi connectivity index (χ0) is 16.9. The monoisotopic (exact) mass is 486 g/mol. The Morgan fingerprint density at radius 3 is 2.58 bits per heavy atom. The highest BCUT2D eigenvalue weighted by Gasteiger charge is 2.08. The summed E-state index contributed by atoms with van der Waals surface area (Å²) in [7, 11) is 0. The minimum Gasteiger partial charge on any atom is -0.325 e. The molecule has 0 saturated heterocycles. The number of rotatable bonds is 5. The van der Waals surface area contributed by atoms with E-state index < -0.39 is 0 Å². The van der Waals surface area contributed by atoms with Crippen LogP contribution in [0.15, 0.2) is 58.3 Å². The van der Waals surface area contributed by atoms with Crippen molar-refractivity contribution in [2.45, 2.75) is 4.34 Å². The van der Waals surface area contributed by atoms with Crippen LogP contribution in [0.25, 0.3) is 11.3 Å². The Morgan fingerprint density at radius 1 is 1.17 bits per heavy atom. The van der Waals surface area contributed by atoms with E-state index in [4.69, 9.17) is 11.6 Å². The summed E-state index contributed by atoms with van der Waals surface area (Å²) in [6, 6.07) is 15.3. The van der Waals surface area contributed by atoms with Gasteiger partial charge < -0.3 is 5.32 Å². The van der Waals surface area contributed by atoms with E-state index in [-0.39, 0.29) is 5.91 Å². The molecular weight excluding hydrogens is 475 g/mol. The van der Waals surface area contributed by atoms with Crippen LogP contribution in [-0.4, -0.2) is 16.6 Å². The molecule has 122 valence electrons. The first-order chi connectivity index (χ1) is 11.6. The summed E-state index contributed by atoms with van der Waals surface area (Å²) < 4.78 is 2.01. The molecule has 0 spiro atoms. The van der Waals surface area contributed by atoms with Crippen molar-refractivity contribution in [3.8, 4) is 11.3 Å². The number of anilines is 1. The van der Waals surface area contributed by atoms with Crippen molar-refractivity contribution in [2.24, 2.45) is 0 Å². The SMILES string of the molecule is O=C(CSc1nc(-c2ccc(Cl)cc2)cs1)Nc1ccc(I)cc1. The molecule has 0 aliphatic heterocycles. The molecule has 0 fully saturated rings. The molecule has 7 heteroatoms. The van der Waals surface area contributed by atoms with Gasteiger partial charge in [-0.1, -0.05) is 35.5 Å². The van der Waals surface area contributed by atoms with Gasteiger partial charge in [0.15, 0.2) is 4.34 Å². The molecule has 1 heterocycles. The second-order valence-electron chi connectivity index (χ2n) is 4.85. The number of carbonyl (C=O) groups excluding carboxylic acids is 1. The zero-order valence-corrected chi connectivity index (χ0v) is 16.9. The van der Waals surface area contributed by atoms with Gasteiger partial charge in [0.2, 0.25) is 5.91 Å². The lowest BCUT2D eigenvalue weighted by atomic mass is 10.2. The zero-order valence-electron chi connectivity index (χ0n) is 12.3. The number of aromatic nitrogens is 1. The predicted octanol–water partition coefficient (Wildman–Crippen LogP) is 5.80. The first kappa shape index (κ1) is 17.7. The summed E-state index contributed by atoms with van der Waals surface area (Å²) >= 11 is 11.1. The van der Waals surface area contributed by atoms with Crippen LogP contribution in [0.3, 0.4) is 0 Å². The topological polar surface area (TPSA) is 42.0 Å². The fraction of sp³-hybridized carbons (Fsp3) is 0.0588. The number of nitrogens with zero attached hydrogens (tertiary/aromatic N) is 1. The average Bonchev–Trinajstić information content (AvgIpc) is 3.05. The van der Waals surface area contributed by atoms with Crippen LogP contribution in [0.2, 0.25) is 5.02 Å². The van der Waals surface area contributed by atoms with Crippen LogP contribution in [0.1, 0.15) is 0 Å². The standard InChI is InChI=1S/C17H12ClIN2OS2/c18-12-3-1-11(2-4-12)15-9-23-17(21-15)24-10-16(22)20-14-7-5-13(19)6-8-14/h1-9H,10H2,(H,20,22). The van der Waals surface area contributed by atoms with E-state index >= 15 is 0 Å². The van der Waals surface area contributed by atoms with Crippen molar-refractivity contribution in [3.63, 3.8) is 0 Å². The number of benzene rings is 2. The number of thiazole rings is 1. The molecule has 0 bridgehead atoms. The summed E-state index contributed by atoms with van der Waals surface area (Å²) in [5, 5.41) is 5.58. The molecule has 0 radical (unpaired) electrons. The van der Waals surface area contributed by atoms with E-state index in [9.17, 15) is 4.79 Å². The Bertz CT molecular complexity index is 835. The van der Waals surface area contributed by atoms with Crippen LogP contribution >= 0.6 is 57.3 Å². The van der Waals surface area contributed by atoms with Gasteiger partial charge in [-0.15, -0.1) is 11.3 Å². The molecule has 0 aliphatic rings. The molecule has 3 nitrogen and oxygen atoms in total. The molecule has 1 aromatic heterocycles. The van der Waals surface area contributed by atoms with Gasteiger partial charge >= 0.3 is 0 Å². The van der Waals surface area contributed by atoms with Crippen molar-refractivity contribution < 1.29 is 4.79 Å². The third-order valence-electron chi connectivity index (χ3n) is 3.08. The number of thioether (sulfide) groups is 1. The highest BCUT2D eigenvalue weighted by Crippen LogP contribution is 2.29. The molecule has 1 N–H and O–H groups in total. The van der Waals surface area contributed by atoms with Crippen LogP contribution in [-0.2, 0) is 4.79 Å². The number of carbonyl (C=O) groups is 1. The number of nitrogens with one attached hydrogen (secondary N) is 1. The van der Waals surface area contributed by atoms with Gasteiger partial charge in [-0.05, 0) is 59.0 Å². The van der Waals surface area contributed by atoms with Crippen molar-refractivity contribution in [1.29, 1.82) is 0 Å². The van der Waals surface area contributed by atoms with Crippen LogP contribution in [0.4, 0.5) is 5.69 Å². The number of hydrogen-bond acceptors (Lipinski definition) is 4. The summed E-state index contributed by atoms with van der Waals surface area (Å²) in [5.41, 5.74) is 2.73. The fourth-order valence-corrected chi connectivity index (χ4v) is 4.06. The molecule has 2 aromatic carbocycles. The Morgan fingerprint density at radius 2 is 1.88 bits per heavy atom. The molecule has 3 rings (SSSR count). The van der Waals surface area contributed by atoms with Gasteiger partial charge in [0, 0.05) is 25.2 Å². The van der Waals surface area contributed by atoms with Crippen molar-refractivity contribution >= 4 is 68.9 Å². The number of halogens is 2. The fourth-order valence-electron chi connectivity index (χ4n) is 1.93. The van der Waals surface area contributed by atoms with Gasteiger partial charge in [-0.25, -0.2) is 4.98 Å². The van der Waals surface area contributed by atoms with Crippen molar-refractivity contribution in [1.82, 2.24) is 4.98 Å². The second kappa shape index (κ2) is 8.33. The van der Waals surface area contributed by atoms with Gasteiger partial charge in [-0.2, -0.15) is 0 Å². The first-order valence-corrected chi connectivity index (χ1v) is 10.3. The number of amides is 1. The molecule has 0 unspecified atom stereocenters. The summed E-state index contributed by atoms with van der Waals surface area (Å²) in [4.78, 5) is 16.6. The molecular formula is C17H12ClIN2OS2. The Balaban J connectivity index is 1.56. The van der Waals surface area contributed by atoms with Crippen LogP contribution in [0.5, 0.6) is 0 Å². The summed E-state index contributed by atoms with van der Waals surface area (Å²) in [5.74, 6) is 0.295. The Hall–Kier alpha value is -1.09. The van der Waals surface area contributed by atoms with Gasteiger partial charge in [0.05, 0.1) is 11.4 Å². The Kier molecular flexibility index (Phi) is 6.15. The van der Waals surface area contributed by atoms with Crippen molar-refractivity contribution in [3.05, 3.63) is 62.5 Å². The molecule has 1 amide bonds. The lowest BCUT2D eigenvalue weighted by molar-refractivity contribution is -0.113. The molecule has 0 saturated carbocycles. The third kappa shape index (κ3) is 4.95. The lowest BCUT2D eigenvalue weighted by Gasteiger charge is -2.04. The van der Waals surface area contributed by atoms with E-state index in [1.165, 1.54) is 23.1 Å². The summed E-state index contributed by atoms with van der Waals surface area (Å²) in [6.45, 7) is 0. The van der Waals surface area contributed by atoms with Crippen molar-refractivity contribution in [2.75, 3.05) is 11.1 Å². The maximum Gasteiger partial charge on any atom is 0.234 e. The normalized spacial score (nSPS) is 10.6. The second-order valence-corrected chi connectivity index (χ2v) is 8.61. The van der Waals surface area contributed by atoms with E-state index in [1.807, 2.05) is 53.9 Å². The van der Waals surface area contributed by atoms with E-state index in [0.717, 1.165) is 24.9 Å². The maximum absolute atomic E-state index is 12.0. The van der Waals surface area contributed by atoms with Crippen LogP contribution < -0.4 is 5.32 Å². The first-order valence-electron chi connectivity index (χ1n) is 7.00. The third-order valence-corrected chi connectivity index (χ3v) is 6.07. The minimum atomic E-state index is -0.0375. The molecule has 3 aromatic rings. The smallest absolute Gasteiger partial charge is 0.234 e. The minimum absolute atomic E-state index is 0.0375. The summed E-state index contributed by atoms with van der Waals surface area (Å²) in [6.07, 6.45) is 0. The predicted molar refractivity (Wildman–Crippen MR) is 111 cm³/mol. The molecule has 24 heavy (non-hydrogen) atoms. The highest BCUT2D eigenvalue weighted by molar-refractivity contribution is 14.1. The largest absolute Gasteiger partial charge is 0.325 e. The van der Waals surface area contributed by atoms with E-state index in [0.29, 0.717) is 10.8 Å². The molecule has 0 aliphatic carbocycles. The van der Waals surface area contributed by atoms with Gasteiger partial charge in [-0.3, -0.25) is 4.79 Å². The number of hydrogen-bond donors (Lipinski definition) is 1. The van der Waals surface area contributed by atoms with Crippen LogP contribution in [0, 0.1) is 3.57 Å². The van der Waals surface area contributed by atoms with E-state index in [2.05, 4.69) is 32.9 Å². The Labute approximate surface area is 167 Å². The van der Waals surface area contributed by atoms with Gasteiger partial charge in [0.1, 0.15) is 0 Å².